The van der Waals surface area contributed by atoms with Crippen LogP contribution in [0.3, 0.4) is 0 Å². The molecule has 0 atom stereocenters. The summed E-state index contributed by atoms with van der Waals surface area (Å²) >= 11 is 0. The first-order valence-electron chi connectivity index (χ1n) is 6.74. The number of carbonyl (C=O) groups is 3. The Morgan fingerprint density at radius 2 is 1.86 bits per heavy atom. The molecule has 0 fully saturated rings. The van der Waals surface area contributed by atoms with Crippen molar-refractivity contribution in [1.82, 2.24) is 4.98 Å². The van der Waals surface area contributed by atoms with Crippen LogP contribution >= 0.6 is 0 Å². The number of aryl methyl sites for hydroxylation is 1. The first-order chi connectivity index (χ1) is 9.99. The Hall–Kier alpha value is -2.43. The molecule has 0 aliphatic carbocycles. The summed E-state index contributed by atoms with van der Waals surface area (Å²) in [6.07, 6.45) is 0.147. The molecule has 1 heterocycles. The summed E-state index contributed by atoms with van der Waals surface area (Å²) in [6.45, 7) is 2.91. The number of carbonyl (C=O) groups excluding carboxylic acids is 3. The second-order valence-electron chi connectivity index (χ2n) is 4.96. The van der Waals surface area contributed by atoms with Crippen molar-refractivity contribution in [1.29, 1.82) is 0 Å². The number of fused-ring (bicyclic) bond motifs is 1. The normalized spacial score (nSPS) is 10.6. The topological polar surface area (TPSA) is 76.2 Å². The SMILES string of the molecule is CC(=O)CCC(=O)OCC(=O)c1c(C)[nH]c2ccccc12. The van der Waals surface area contributed by atoms with E-state index in [9.17, 15) is 14.4 Å². The number of rotatable bonds is 6. The molecule has 0 amide bonds. The second-order valence-corrected chi connectivity index (χ2v) is 4.96. The number of Topliss-reactive ketones (excluding diaryl/α,β-unsaturated/α-hetero) is 2. The molecule has 1 N–H and O–H groups in total. The second kappa shape index (κ2) is 6.35. The van der Waals surface area contributed by atoms with Crippen molar-refractivity contribution in [3.63, 3.8) is 0 Å². The predicted octanol–water partition coefficient (Wildman–Crippen LogP) is 2.57. The zero-order chi connectivity index (χ0) is 15.4. The third-order valence-electron chi connectivity index (χ3n) is 3.22. The molecule has 5 heteroatoms. The molecule has 1 aromatic carbocycles. The van der Waals surface area contributed by atoms with Crippen LogP contribution in [0.15, 0.2) is 24.3 Å². The number of ketones is 2. The summed E-state index contributed by atoms with van der Waals surface area (Å²) < 4.78 is 4.93. The molecule has 110 valence electrons. The molecule has 0 unspecified atom stereocenters. The molecule has 0 saturated carbocycles. The molecule has 0 spiro atoms. The number of aromatic amines is 1. The Morgan fingerprint density at radius 1 is 1.14 bits per heavy atom. The minimum Gasteiger partial charge on any atom is -0.457 e. The van der Waals surface area contributed by atoms with Crippen LogP contribution in [0.5, 0.6) is 0 Å². The van der Waals surface area contributed by atoms with Gasteiger partial charge in [0.05, 0.1) is 6.42 Å². The molecule has 5 nitrogen and oxygen atoms in total. The van der Waals surface area contributed by atoms with Gasteiger partial charge in [-0.25, -0.2) is 0 Å². The van der Waals surface area contributed by atoms with Gasteiger partial charge in [-0.3, -0.25) is 9.59 Å². The highest BCUT2D eigenvalue weighted by Crippen LogP contribution is 2.22. The number of nitrogens with one attached hydrogen (secondary N) is 1. The standard InChI is InChI=1S/C16H17NO4/c1-10(18)7-8-15(20)21-9-14(19)16-11(2)17-13-6-4-3-5-12(13)16/h3-6,17H,7-9H2,1-2H3. The third kappa shape index (κ3) is 3.56. The fourth-order valence-electron chi connectivity index (χ4n) is 2.20. The fourth-order valence-corrected chi connectivity index (χ4v) is 2.20. The maximum atomic E-state index is 12.2. The Morgan fingerprint density at radius 3 is 2.57 bits per heavy atom. The Kier molecular flexibility index (Phi) is 4.52. The lowest BCUT2D eigenvalue weighted by atomic mass is 10.1. The number of esters is 1. The van der Waals surface area contributed by atoms with Gasteiger partial charge in [-0.1, -0.05) is 18.2 Å². The lowest BCUT2D eigenvalue weighted by molar-refractivity contribution is -0.143. The van der Waals surface area contributed by atoms with Gasteiger partial charge in [0.15, 0.2) is 6.61 Å². The fraction of sp³-hybridized carbons (Fsp3) is 0.312. The van der Waals surface area contributed by atoms with Gasteiger partial charge in [0.25, 0.3) is 0 Å². The van der Waals surface area contributed by atoms with E-state index in [1.807, 2.05) is 31.2 Å². The smallest absolute Gasteiger partial charge is 0.306 e. The van der Waals surface area contributed by atoms with E-state index in [-0.39, 0.29) is 31.0 Å². The van der Waals surface area contributed by atoms with Crippen LogP contribution in [-0.2, 0) is 14.3 Å². The minimum absolute atomic E-state index is 0.00940. The molecule has 2 rings (SSSR count). The van der Waals surface area contributed by atoms with Crippen LogP contribution in [0.1, 0.15) is 35.8 Å². The van der Waals surface area contributed by atoms with Crippen LogP contribution in [0.4, 0.5) is 0 Å². The Bertz CT molecular complexity index is 699. The average Bonchev–Trinajstić information content (AvgIpc) is 2.78. The van der Waals surface area contributed by atoms with Crippen molar-refractivity contribution < 1.29 is 19.1 Å². The molecule has 0 aliphatic rings. The van der Waals surface area contributed by atoms with Gasteiger partial charge in [0.2, 0.25) is 5.78 Å². The number of aromatic nitrogens is 1. The van der Waals surface area contributed by atoms with E-state index >= 15 is 0 Å². The van der Waals surface area contributed by atoms with Crippen LogP contribution in [-0.4, -0.2) is 29.1 Å². The monoisotopic (exact) mass is 287 g/mol. The van der Waals surface area contributed by atoms with Crippen LogP contribution in [0.25, 0.3) is 10.9 Å². The largest absolute Gasteiger partial charge is 0.457 e. The van der Waals surface area contributed by atoms with Crippen molar-refractivity contribution in [2.24, 2.45) is 0 Å². The number of hydrogen-bond donors (Lipinski definition) is 1. The third-order valence-corrected chi connectivity index (χ3v) is 3.22. The summed E-state index contributed by atoms with van der Waals surface area (Å²) in [5.41, 5.74) is 2.17. The molecule has 0 radical (unpaired) electrons. The van der Waals surface area contributed by atoms with E-state index in [2.05, 4.69) is 4.98 Å². The van der Waals surface area contributed by atoms with Crippen molar-refractivity contribution in [3.8, 4) is 0 Å². The highest BCUT2D eigenvalue weighted by Gasteiger charge is 2.17. The van der Waals surface area contributed by atoms with E-state index in [1.54, 1.807) is 0 Å². The Balaban J connectivity index is 2.04. The van der Waals surface area contributed by atoms with Gasteiger partial charge in [-0.05, 0) is 19.9 Å². The van der Waals surface area contributed by atoms with E-state index in [0.29, 0.717) is 5.56 Å². The van der Waals surface area contributed by atoms with Gasteiger partial charge >= 0.3 is 5.97 Å². The average molecular weight is 287 g/mol. The zero-order valence-electron chi connectivity index (χ0n) is 12.1. The molecular formula is C16H17NO4. The maximum Gasteiger partial charge on any atom is 0.306 e. The summed E-state index contributed by atoms with van der Waals surface area (Å²) in [6, 6.07) is 7.47. The summed E-state index contributed by atoms with van der Waals surface area (Å²) in [5, 5.41) is 0.819. The summed E-state index contributed by atoms with van der Waals surface area (Å²) in [4.78, 5) is 37.6. The van der Waals surface area contributed by atoms with Crippen molar-refractivity contribution >= 4 is 28.4 Å². The molecule has 0 aliphatic heterocycles. The number of hydrogen-bond acceptors (Lipinski definition) is 4. The minimum atomic E-state index is -0.531. The van der Waals surface area contributed by atoms with Crippen LogP contribution in [0, 0.1) is 6.92 Å². The zero-order valence-corrected chi connectivity index (χ0v) is 12.1. The highest BCUT2D eigenvalue weighted by molar-refractivity contribution is 6.10. The number of H-pyrrole nitrogens is 1. The first kappa shape index (κ1) is 15.0. The molecule has 0 saturated heterocycles. The van der Waals surface area contributed by atoms with E-state index < -0.39 is 5.97 Å². The molecular weight excluding hydrogens is 270 g/mol. The quantitative estimate of drug-likeness (QED) is 0.654. The van der Waals surface area contributed by atoms with Gasteiger partial charge in [0, 0.05) is 28.6 Å². The van der Waals surface area contributed by atoms with Gasteiger partial charge in [-0.15, -0.1) is 0 Å². The van der Waals surface area contributed by atoms with E-state index in [4.69, 9.17) is 4.74 Å². The number of para-hydroxylation sites is 1. The van der Waals surface area contributed by atoms with Crippen LogP contribution < -0.4 is 0 Å². The lowest BCUT2D eigenvalue weighted by Gasteiger charge is -2.04. The molecule has 2 aromatic rings. The first-order valence-corrected chi connectivity index (χ1v) is 6.74. The molecule has 0 bridgehead atoms. The van der Waals surface area contributed by atoms with E-state index in [1.165, 1.54) is 6.92 Å². The molecule has 1 aromatic heterocycles. The Labute approximate surface area is 122 Å². The summed E-state index contributed by atoms with van der Waals surface area (Å²) in [5.74, 6) is -0.858. The van der Waals surface area contributed by atoms with Crippen LogP contribution in [0.2, 0.25) is 0 Å². The molecule has 21 heavy (non-hydrogen) atoms. The highest BCUT2D eigenvalue weighted by atomic mass is 16.5. The number of ether oxygens (including phenoxy) is 1. The summed E-state index contributed by atoms with van der Waals surface area (Å²) in [7, 11) is 0. The predicted molar refractivity (Wildman–Crippen MR) is 78.2 cm³/mol. The van der Waals surface area contributed by atoms with Gasteiger partial charge < -0.3 is 14.5 Å². The van der Waals surface area contributed by atoms with E-state index in [0.717, 1.165) is 16.6 Å². The number of benzene rings is 1. The maximum absolute atomic E-state index is 12.2. The lowest BCUT2D eigenvalue weighted by Crippen LogP contribution is -2.15. The van der Waals surface area contributed by atoms with Crippen molar-refractivity contribution in [2.45, 2.75) is 26.7 Å². The van der Waals surface area contributed by atoms with Crippen molar-refractivity contribution in [3.05, 3.63) is 35.5 Å². The van der Waals surface area contributed by atoms with Gasteiger partial charge in [0.1, 0.15) is 5.78 Å². The van der Waals surface area contributed by atoms with Crippen molar-refractivity contribution in [2.75, 3.05) is 6.61 Å². The van der Waals surface area contributed by atoms with Gasteiger partial charge in [-0.2, -0.15) is 0 Å².